The quantitative estimate of drug-likeness (QED) is 0.748. The highest BCUT2D eigenvalue weighted by Crippen LogP contribution is 2.32. The Morgan fingerprint density at radius 3 is 2.33 bits per heavy atom. The molecule has 1 aromatic rings. The number of fused-ring (bicyclic) bond motifs is 2. The van der Waals surface area contributed by atoms with Gasteiger partial charge in [-0.25, -0.2) is 8.42 Å². The van der Waals surface area contributed by atoms with Crippen LogP contribution in [0, 0.1) is 11.3 Å². The average Bonchev–Trinajstić information content (AvgIpc) is 2.87. The first-order valence-corrected chi connectivity index (χ1v) is 10.9. The van der Waals surface area contributed by atoms with E-state index in [0.29, 0.717) is 30.9 Å². The number of aliphatic hydroxyl groups is 1. The minimum absolute atomic E-state index is 0.154. The molecular weight excluding hydrogens is 366 g/mol. The van der Waals surface area contributed by atoms with Crippen molar-refractivity contribution in [2.24, 2.45) is 0 Å². The molecule has 3 atom stereocenters. The van der Waals surface area contributed by atoms with Crippen LogP contribution in [0.2, 0.25) is 0 Å². The summed E-state index contributed by atoms with van der Waals surface area (Å²) in [6.07, 6.45) is 1.26. The van der Waals surface area contributed by atoms with E-state index in [1.165, 1.54) is 0 Å². The van der Waals surface area contributed by atoms with Gasteiger partial charge in [-0.15, -0.1) is 0 Å². The second-order valence-electron chi connectivity index (χ2n) is 7.59. The Morgan fingerprint density at radius 1 is 1.22 bits per heavy atom. The van der Waals surface area contributed by atoms with Gasteiger partial charge in [0.15, 0.2) is 0 Å². The second kappa shape index (κ2) is 8.15. The van der Waals surface area contributed by atoms with E-state index in [2.05, 4.69) is 11.0 Å². The van der Waals surface area contributed by atoms with Gasteiger partial charge in [-0.2, -0.15) is 9.57 Å². The van der Waals surface area contributed by atoms with Gasteiger partial charge in [0.05, 0.1) is 16.9 Å². The molecule has 0 radical (unpaired) electrons. The van der Waals surface area contributed by atoms with Gasteiger partial charge in [0.2, 0.25) is 10.0 Å². The van der Waals surface area contributed by atoms with Crippen LogP contribution in [0.3, 0.4) is 0 Å². The van der Waals surface area contributed by atoms with Crippen molar-refractivity contribution in [1.82, 2.24) is 9.21 Å². The molecule has 2 fully saturated rings. The first-order valence-electron chi connectivity index (χ1n) is 9.37. The molecule has 8 heteroatoms. The van der Waals surface area contributed by atoms with Crippen LogP contribution in [0.4, 0.5) is 0 Å². The average molecular weight is 394 g/mol. The summed E-state index contributed by atoms with van der Waals surface area (Å²) in [5, 5.41) is 18.8. The van der Waals surface area contributed by atoms with E-state index in [1.807, 2.05) is 0 Å². The van der Waals surface area contributed by atoms with Crippen LogP contribution in [0.1, 0.15) is 32.3 Å². The molecule has 3 rings (SSSR count). The van der Waals surface area contributed by atoms with Crippen LogP contribution in [0.25, 0.3) is 0 Å². The standard InChI is InChI=1S/C19H27N3O4S/c1-14(2)27(24,25)21-10-16-5-6-17(11-21)22(16)12-18(23)13-26-19-7-3-15(9-20)4-8-19/h3-4,7-8,14,16-18,23H,5-6,10-13H2,1-2H3. The third-order valence-corrected chi connectivity index (χ3v) is 7.61. The highest BCUT2D eigenvalue weighted by Gasteiger charge is 2.44. The van der Waals surface area contributed by atoms with Gasteiger partial charge in [0.1, 0.15) is 18.5 Å². The van der Waals surface area contributed by atoms with E-state index in [9.17, 15) is 13.5 Å². The maximum atomic E-state index is 12.5. The van der Waals surface area contributed by atoms with E-state index in [1.54, 1.807) is 42.4 Å². The molecular formula is C19H27N3O4S. The molecule has 0 aliphatic carbocycles. The smallest absolute Gasteiger partial charge is 0.216 e. The maximum absolute atomic E-state index is 12.5. The number of nitriles is 1. The van der Waals surface area contributed by atoms with Gasteiger partial charge in [-0.05, 0) is 51.0 Å². The molecule has 2 aliphatic heterocycles. The molecule has 1 aromatic carbocycles. The third kappa shape index (κ3) is 4.43. The Morgan fingerprint density at radius 2 is 1.81 bits per heavy atom. The first kappa shape index (κ1) is 20.1. The fraction of sp³-hybridized carbons (Fsp3) is 0.632. The summed E-state index contributed by atoms with van der Waals surface area (Å²) in [6.45, 7) is 5.07. The lowest BCUT2D eigenvalue weighted by molar-refractivity contribution is 0.0276. The summed E-state index contributed by atoms with van der Waals surface area (Å²) >= 11 is 0. The van der Waals surface area contributed by atoms with E-state index in [0.717, 1.165) is 12.8 Å². The molecule has 0 saturated carbocycles. The predicted molar refractivity (Wildman–Crippen MR) is 102 cm³/mol. The number of nitrogens with zero attached hydrogens (tertiary/aromatic N) is 3. The summed E-state index contributed by atoms with van der Waals surface area (Å²) in [5.41, 5.74) is 0.564. The topological polar surface area (TPSA) is 93.9 Å². The maximum Gasteiger partial charge on any atom is 0.216 e. The predicted octanol–water partition coefficient (Wildman–Crippen LogP) is 1.18. The Kier molecular flexibility index (Phi) is 6.06. The van der Waals surface area contributed by atoms with E-state index in [-0.39, 0.29) is 18.7 Å². The monoisotopic (exact) mass is 393 g/mol. The number of piperazine rings is 1. The lowest BCUT2D eigenvalue weighted by atomic mass is 10.2. The Bertz CT molecular complexity index is 774. The van der Waals surface area contributed by atoms with Crippen molar-refractivity contribution in [3.05, 3.63) is 29.8 Å². The number of ether oxygens (including phenoxy) is 1. The van der Waals surface area contributed by atoms with Gasteiger partial charge in [0.25, 0.3) is 0 Å². The van der Waals surface area contributed by atoms with Gasteiger partial charge >= 0.3 is 0 Å². The van der Waals surface area contributed by atoms with Gasteiger partial charge in [-0.1, -0.05) is 0 Å². The van der Waals surface area contributed by atoms with E-state index >= 15 is 0 Å². The number of aliphatic hydroxyl groups excluding tert-OH is 1. The zero-order valence-electron chi connectivity index (χ0n) is 15.8. The highest BCUT2D eigenvalue weighted by molar-refractivity contribution is 7.89. The number of hydrogen-bond acceptors (Lipinski definition) is 6. The molecule has 2 heterocycles. The molecule has 3 unspecified atom stereocenters. The minimum atomic E-state index is -3.23. The van der Waals surface area contributed by atoms with Crippen LogP contribution >= 0.6 is 0 Å². The fourth-order valence-electron chi connectivity index (χ4n) is 3.87. The van der Waals surface area contributed by atoms with Crippen LogP contribution in [0.15, 0.2) is 24.3 Å². The lowest BCUT2D eigenvalue weighted by Crippen LogP contribution is -2.58. The highest BCUT2D eigenvalue weighted by atomic mass is 32.2. The van der Waals surface area contributed by atoms with Gasteiger partial charge < -0.3 is 9.84 Å². The van der Waals surface area contributed by atoms with Gasteiger partial charge in [-0.3, -0.25) is 4.90 Å². The molecule has 0 aromatic heterocycles. The normalized spacial score (nSPS) is 24.7. The molecule has 0 amide bonds. The minimum Gasteiger partial charge on any atom is -0.491 e. The molecule has 148 valence electrons. The Balaban J connectivity index is 1.53. The summed E-state index contributed by atoms with van der Waals surface area (Å²) < 4.78 is 32.1. The molecule has 7 nitrogen and oxygen atoms in total. The summed E-state index contributed by atoms with van der Waals surface area (Å²) in [4.78, 5) is 2.24. The lowest BCUT2D eigenvalue weighted by Gasteiger charge is -2.41. The van der Waals surface area contributed by atoms with Crippen molar-refractivity contribution in [2.45, 2.75) is 50.1 Å². The van der Waals surface area contributed by atoms with Crippen molar-refractivity contribution in [3.8, 4) is 11.8 Å². The zero-order valence-corrected chi connectivity index (χ0v) is 16.6. The molecule has 2 aliphatic rings. The number of sulfonamides is 1. The molecule has 2 bridgehead atoms. The van der Waals surface area contributed by atoms with Crippen molar-refractivity contribution in [3.63, 3.8) is 0 Å². The second-order valence-corrected chi connectivity index (χ2v) is 10.1. The van der Waals surface area contributed by atoms with E-state index in [4.69, 9.17) is 10.00 Å². The van der Waals surface area contributed by atoms with Crippen LogP contribution in [0.5, 0.6) is 5.75 Å². The zero-order chi connectivity index (χ0) is 19.6. The Hall–Kier alpha value is -1.66. The van der Waals surface area contributed by atoms with Gasteiger partial charge in [0, 0.05) is 31.7 Å². The van der Waals surface area contributed by atoms with Crippen LogP contribution in [-0.4, -0.2) is 72.4 Å². The third-order valence-electron chi connectivity index (χ3n) is 5.40. The number of hydrogen-bond donors (Lipinski definition) is 1. The van der Waals surface area contributed by atoms with Crippen molar-refractivity contribution >= 4 is 10.0 Å². The van der Waals surface area contributed by atoms with E-state index < -0.39 is 21.4 Å². The summed E-state index contributed by atoms with van der Waals surface area (Å²) in [7, 11) is -3.23. The number of rotatable bonds is 7. The first-order chi connectivity index (χ1) is 12.8. The summed E-state index contributed by atoms with van der Waals surface area (Å²) in [5.74, 6) is 0.615. The largest absolute Gasteiger partial charge is 0.491 e. The number of benzene rings is 1. The SMILES string of the molecule is CC(C)S(=O)(=O)N1CC2CCC(C1)N2CC(O)COc1ccc(C#N)cc1. The fourth-order valence-corrected chi connectivity index (χ4v) is 5.23. The van der Waals surface area contributed by atoms with Crippen LogP contribution in [-0.2, 0) is 10.0 Å². The molecule has 1 N–H and O–H groups in total. The molecule has 0 spiro atoms. The molecule has 2 saturated heterocycles. The van der Waals surface area contributed by atoms with Crippen molar-refractivity contribution in [2.75, 3.05) is 26.2 Å². The Labute approximate surface area is 161 Å². The molecule has 27 heavy (non-hydrogen) atoms. The summed E-state index contributed by atoms with van der Waals surface area (Å²) in [6, 6.07) is 9.14. The van der Waals surface area contributed by atoms with Crippen molar-refractivity contribution in [1.29, 1.82) is 5.26 Å². The van der Waals surface area contributed by atoms with Crippen molar-refractivity contribution < 1.29 is 18.3 Å². The van der Waals surface area contributed by atoms with Crippen LogP contribution < -0.4 is 4.74 Å².